The zero-order valence-electron chi connectivity index (χ0n) is 13.4. The molecule has 0 saturated heterocycles. The summed E-state index contributed by atoms with van der Waals surface area (Å²) >= 11 is 0. The Morgan fingerprint density at radius 1 is 1.15 bits per heavy atom. The molecule has 0 aromatic heterocycles. The summed E-state index contributed by atoms with van der Waals surface area (Å²) in [6.07, 6.45) is 5.42. The van der Waals surface area contributed by atoms with E-state index < -0.39 is 0 Å². The zero-order valence-corrected chi connectivity index (χ0v) is 13.4. The van der Waals surface area contributed by atoms with E-state index in [1.807, 2.05) is 0 Å². The molecule has 2 unspecified atom stereocenters. The van der Waals surface area contributed by atoms with Crippen LogP contribution in [0.3, 0.4) is 0 Å². The van der Waals surface area contributed by atoms with Crippen LogP contribution in [0.25, 0.3) is 0 Å². The van der Waals surface area contributed by atoms with Crippen LogP contribution < -0.4 is 5.32 Å². The van der Waals surface area contributed by atoms with Crippen molar-refractivity contribution < 1.29 is 0 Å². The molecule has 1 aliphatic rings. The van der Waals surface area contributed by atoms with Gasteiger partial charge in [-0.3, -0.25) is 4.90 Å². The van der Waals surface area contributed by atoms with Crippen LogP contribution in [0.15, 0.2) is 24.3 Å². The molecule has 20 heavy (non-hydrogen) atoms. The smallest absolute Gasteiger partial charge is 0.0388 e. The fourth-order valence-corrected chi connectivity index (χ4v) is 3.27. The number of benzene rings is 1. The van der Waals surface area contributed by atoms with Gasteiger partial charge >= 0.3 is 0 Å². The van der Waals surface area contributed by atoms with Crippen LogP contribution in [0.4, 0.5) is 5.69 Å². The summed E-state index contributed by atoms with van der Waals surface area (Å²) in [5.41, 5.74) is 2.79. The molecule has 112 valence electrons. The lowest BCUT2D eigenvalue weighted by atomic mass is 9.87. The topological polar surface area (TPSA) is 15.3 Å². The molecule has 1 saturated carbocycles. The van der Waals surface area contributed by atoms with Gasteiger partial charge in [0.15, 0.2) is 0 Å². The van der Waals surface area contributed by atoms with Crippen molar-refractivity contribution in [1.29, 1.82) is 0 Å². The predicted octanol–water partition coefficient (Wildman–Crippen LogP) is 4.52. The van der Waals surface area contributed by atoms with Gasteiger partial charge in [0.05, 0.1) is 0 Å². The number of para-hydroxylation sites is 1. The Hall–Kier alpha value is -1.02. The van der Waals surface area contributed by atoms with Crippen molar-refractivity contribution in [2.75, 3.05) is 18.4 Å². The third-order valence-corrected chi connectivity index (χ3v) is 4.60. The fourth-order valence-electron chi connectivity index (χ4n) is 3.27. The van der Waals surface area contributed by atoms with E-state index in [0.29, 0.717) is 6.04 Å². The van der Waals surface area contributed by atoms with Crippen molar-refractivity contribution in [3.8, 4) is 0 Å². The molecule has 0 aliphatic heterocycles. The van der Waals surface area contributed by atoms with Gasteiger partial charge in [-0.2, -0.15) is 0 Å². The molecule has 0 spiro atoms. The zero-order chi connectivity index (χ0) is 14.4. The van der Waals surface area contributed by atoms with Crippen molar-refractivity contribution in [2.24, 2.45) is 5.92 Å². The molecule has 1 aliphatic carbocycles. The predicted molar refractivity (Wildman–Crippen MR) is 88.1 cm³/mol. The van der Waals surface area contributed by atoms with Crippen molar-refractivity contribution in [2.45, 2.75) is 59.0 Å². The first-order valence-corrected chi connectivity index (χ1v) is 8.29. The molecular formula is C18H30N2. The second kappa shape index (κ2) is 7.68. The lowest BCUT2D eigenvalue weighted by Crippen LogP contribution is -2.28. The molecule has 0 heterocycles. The van der Waals surface area contributed by atoms with Crippen LogP contribution in [0.1, 0.15) is 52.0 Å². The number of hydrogen-bond donors (Lipinski definition) is 1. The van der Waals surface area contributed by atoms with E-state index in [0.717, 1.165) is 25.6 Å². The average Bonchev–Trinajstić information content (AvgIpc) is 2.46. The summed E-state index contributed by atoms with van der Waals surface area (Å²) in [6.45, 7) is 10.1. The quantitative estimate of drug-likeness (QED) is 0.820. The summed E-state index contributed by atoms with van der Waals surface area (Å²) < 4.78 is 0. The third-order valence-electron chi connectivity index (χ3n) is 4.60. The van der Waals surface area contributed by atoms with Gasteiger partial charge < -0.3 is 5.32 Å². The van der Waals surface area contributed by atoms with E-state index in [1.54, 1.807) is 0 Å². The highest BCUT2D eigenvalue weighted by atomic mass is 15.1. The van der Waals surface area contributed by atoms with Crippen LogP contribution in [0.2, 0.25) is 0 Å². The molecule has 2 nitrogen and oxygen atoms in total. The van der Waals surface area contributed by atoms with Crippen molar-refractivity contribution in [1.82, 2.24) is 4.90 Å². The Balaban J connectivity index is 2.03. The van der Waals surface area contributed by atoms with E-state index in [4.69, 9.17) is 0 Å². The molecule has 1 fully saturated rings. The van der Waals surface area contributed by atoms with Crippen molar-refractivity contribution >= 4 is 5.69 Å². The summed E-state index contributed by atoms with van der Waals surface area (Å²) in [5, 5.41) is 3.81. The van der Waals surface area contributed by atoms with Gasteiger partial charge in [0.1, 0.15) is 0 Å². The van der Waals surface area contributed by atoms with Gasteiger partial charge in [0, 0.05) is 18.3 Å². The van der Waals surface area contributed by atoms with Crippen LogP contribution in [0.5, 0.6) is 0 Å². The Morgan fingerprint density at radius 2 is 1.90 bits per heavy atom. The highest BCUT2D eigenvalue weighted by Gasteiger charge is 2.19. The molecule has 2 rings (SSSR count). The van der Waals surface area contributed by atoms with Crippen LogP contribution >= 0.6 is 0 Å². The molecule has 0 radical (unpaired) electrons. The van der Waals surface area contributed by atoms with E-state index in [-0.39, 0.29) is 0 Å². The lowest BCUT2D eigenvalue weighted by Gasteiger charge is -2.29. The first-order chi connectivity index (χ1) is 9.72. The maximum absolute atomic E-state index is 3.81. The van der Waals surface area contributed by atoms with Crippen LogP contribution in [0, 0.1) is 5.92 Å². The summed E-state index contributed by atoms with van der Waals surface area (Å²) in [4.78, 5) is 2.48. The summed E-state index contributed by atoms with van der Waals surface area (Å²) in [7, 11) is 0. The normalized spacial score (nSPS) is 23.0. The number of hydrogen-bond acceptors (Lipinski definition) is 2. The molecule has 2 atom stereocenters. The molecule has 0 bridgehead atoms. The minimum Gasteiger partial charge on any atom is -0.382 e. The molecule has 1 aromatic rings. The van der Waals surface area contributed by atoms with E-state index >= 15 is 0 Å². The van der Waals surface area contributed by atoms with Crippen molar-refractivity contribution in [3.05, 3.63) is 29.8 Å². The Labute approximate surface area is 124 Å². The van der Waals surface area contributed by atoms with E-state index in [1.165, 1.54) is 36.9 Å². The van der Waals surface area contributed by atoms with Crippen molar-refractivity contribution in [3.63, 3.8) is 0 Å². The largest absolute Gasteiger partial charge is 0.382 e. The standard InChI is InChI=1S/C18H30N2/c1-4-20(5-2)14-16-10-6-7-12-18(16)19-17-11-8-9-15(3)13-17/h6-7,10,12,15,17,19H,4-5,8-9,11,13-14H2,1-3H3. The van der Waals surface area contributed by atoms with Gasteiger partial charge in [0.2, 0.25) is 0 Å². The van der Waals surface area contributed by atoms with Gasteiger partial charge in [-0.25, -0.2) is 0 Å². The Bertz CT molecular complexity index is 398. The molecule has 2 heteroatoms. The maximum atomic E-state index is 3.81. The highest BCUT2D eigenvalue weighted by molar-refractivity contribution is 5.51. The van der Waals surface area contributed by atoms with Crippen LogP contribution in [-0.2, 0) is 6.54 Å². The molecular weight excluding hydrogens is 244 g/mol. The first kappa shape index (κ1) is 15.4. The molecule has 1 aromatic carbocycles. The summed E-state index contributed by atoms with van der Waals surface area (Å²) in [5.74, 6) is 0.871. The fraction of sp³-hybridized carbons (Fsp3) is 0.667. The Morgan fingerprint density at radius 3 is 2.60 bits per heavy atom. The summed E-state index contributed by atoms with van der Waals surface area (Å²) in [6, 6.07) is 9.50. The van der Waals surface area contributed by atoms with Gasteiger partial charge in [0.25, 0.3) is 0 Å². The highest BCUT2D eigenvalue weighted by Crippen LogP contribution is 2.27. The Kier molecular flexibility index (Phi) is 5.90. The SMILES string of the molecule is CCN(CC)Cc1ccccc1NC1CCCC(C)C1. The monoisotopic (exact) mass is 274 g/mol. The second-order valence-electron chi connectivity index (χ2n) is 6.23. The van der Waals surface area contributed by atoms with Gasteiger partial charge in [-0.15, -0.1) is 0 Å². The number of rotatable bonds is 6. The van der Waals surface area contributed by atoms with Crippen LogP contribution in [-0.4, -0.2) is 24.0 Å². The molecule has 0 amide bonds. The van der Waals surface area contributed by atoms with Gasteiger partial charge in [-0.05, 0) is 43.5 Å². The minimum atomic E-state index is 0.664. The third kappa shape index (κ3) is 4.24. The van der Waals surface area contributed by atoms with E-state index in [9.17, 15) is 0 Å². The average molecular weight is 274 g/mol. The van der Waals surface area contributed by atoms with E-state index in [2.05, 4.69) is 55.3 Å². The first-order valence-electron chi connectivity index (χ1n) is 8.29. The number of nitrogens with one attached hydrogen (secondary N) is 1. The lowest BCUT2D eigenvalue weighted by molar-refractivity contribution is 0.296. The molecule has 1 N–H and O–H groups in total. The maximum Gasteiger partial charge on any atom is 0.0388 e. The number of nitrogens with zero attached hydrogens (tertiary/aromatic N) is 1. The van der Waals surface area contributed by atoms with Gasteiger partial charge in [-0.1, -0.05) is 51.8 Å². The number of anilines is 1. The minimum absolute atomic E-state index is 0.664. The second-order valence-corrected chi connectivity index (χ2v) is 6.23.